The topological polar surface area (TPSA) is 199 Å². The molecule has 12 heteroatoms. The summed E-state index contributed by atoms with van der Waals surface area (Å²) in [5, 5.41) is 37.6. The molecule has 0 aromatic heterocycles. The SMILES string of the molecule is NC(=O)C(Cc1ccc(O)c(O)c1)N(C(=O)/C=C/c1ccc(O)c(O)c1)S(=O)(=O)O. The summed E-state index contributed by atoms with van der Waals surface area (Å²) >= 11 is 0. The zero-order valence-electron chi connectivity index (χ0n) is 15.2. The quantitative estimate of drug-likeness (QED) is 0.199. The Morgan fingerprint density at radius 3 is 2.03 bits per heavy atom. The first-order valence-corrected chi connectivity index (χ1v) is 9.61. The Labute approximate surface area is 170 Å². The molecule has 7 N–H and O–H groups in total. The summed E-state index contributed by atoms with van der Waals surface area (Å²) in [4.78, 5) is 24.3. The van der Waals surface area contributed by atoms with Crippen LogP contribution in [0.1, 0.15) is 11.1 Å². The van der Waals surface area contributed by atoms with Gasteiger partial charge in [0.1, 0.15) is 6.04 Å². The van der Waals surface area contributed by atoms with Crippen molar-refractivity contribution in [1.82, 2.24) is 4.31 Å². The van der Waals surface area contributed by atoms with E-state index in [1.807, 2.05) is 0 Å². The minimum absolute atomic E-state index is 0.129. The Morgan fingerprint density at radius 2 is 1.53 bits per heavy atom. The highest BCUT2D eigenvalue weighted by atomic mass is 32.2. The van der Waals surface area contributed by atoms with E-state index in [9.17, 15) is 43.0 Å². The smallest absolute Gasteiger partial charge is 0.363 e. The van der Waals surface area contributed by atoms with Crippen LogP contribution in [0.3, 0.4) is 0 Å². The molecule has 0 bridgehead atoms. The molecule has 11 nitrogen and oxygen atoms in total. The molecule has 0 heterocycles. The standard InChI is InChI=1S/C18H18N2O9S/c19-18(26)12(7-11-2-5-14(22)16(24)9-11)20(30(27,28)29)17(25)6-3-10-1-4-13(21)15(23)8-10/h1-6,8-9,12,21-24H,7H2,(H2,19,26)(H,27,28,29)/b6-3+. The van der Waals surface area contributed by atoms with Crippen molar-refractivity contribution >= 4 is 28.2 Å². The molecular weight excluding hydrogens is 420 g/mol. The van der Waals surface area contributed by atoms with Crippen LogP contribution in [0, 0.1) is 0 Å². The number of phenols is 4. The average Bonchev–Trinajstić information content (AvgIpc) is 2.64. The first kappa shape index (κ1) is 22.5. The summed E-state index contributed by atoms with van der Waals surface area (Å²) in [6, 6.07) is 5.04. The Morgan fingerprint density at radius 1 is 0.967 bits per heavy atom. The van der Waals surface area contributed by atoms with Crippen molar-refractivity contribution in [2.75, 3.05) is 0 Å². The third-order valence-corrected chi connectivity index (χ3v) is 4.90. The number of aromatic hydroxyl groups is 4. The molecule has 0 aliphatic rings. The normalized spacial score (nSPS) is 12.6. The van der Waals surface area contributed by atoms with Gasteiger partial charge in [0.25, 0.3) is 5.91 Å². The number of benzene rings is 2. The van der Waals surface area contributed by atoms with Crippen LogP contribution >= 0.6 is 0 Å². The molecule has 160 valence electrons. The predicted octanol–water partition coefficient (Wildman–Crippen LogP) is 0.250. The van der Waals surface area contributed by atoms with Gasteiger partial charge in [-0.3, -0.25) is 14.1 Å². The van der Waals surface area contributed by atoms with Crippen LogP contribution in [0.15, 0.2) is 42.5 Å². The molecule has 2 aromatic carbocycles. The van der Waals surface area contributed by atoms with Gasteiger partial charge in [-0.05, 0) is 41.5 Å². The van der Waals surface area contributed by atoms with Crippen LogP contribution in [-0.2, 0) is 26.3 Å². The van der Waals surface area contributed by atoms with Crippen LogP contribution in [0.2, 0.25) is 0 Å². The van der Waals surface area contributed by atoms with E-state index < -0.39 is 57.6 Å². The molecule has 0 saturated carbocycles. The summed E-state index contributed by atoms with van der Waals surface area (Å²) in [5.41, 5.74) is 5.57. The Hall–Kier alpha value is -3.77. The highest BCUT2D eigenvalue weighted by Crippen LogP contribution is 2.27. The van der Waals surface area contributed by atoms with Gasteiger partial charge in [-0.2, -0.15) is 8.42 Å². The molecule has 0 aliphatic carbocycles. The Balaban J connectivity index is 2.38. The summed E-state index contributed by atoms with van der Waals surface area (Å²) in [7, 11) is -5.24. The fraction of sp³-hybridized carbons (Fsp3) is 0.111. The van der Waals surface area contributed by atoms with Crippen molar-refractivity contribution in [2.24, 2.45) is 5.73 Å². The molecule has 0 fully saturated rings. The van der Waals surface area contributed by atoms with Gasteiger partial charge >= 0.3 is 10.3 Å². The first-order valence-electron chi connectivity index (χ1n) is 8.21. The lowest BCUT2D eigenvalue weighted by molar-refractivity contribution is -0.130. The van der Waals surface area contributed by atoms with Crippen molar-refractivity contribution < 1.29 is 43.0 Å². The summed E-state index contributed by atoms with van der Waals surface area (Å²) in [5.74, 6) is -4.49. The number of primary amides is 1. The van der Waals surface area contributed by atoms with Gasteiger partial charge in [-0.15, -0.1) is 0 Å². The molecule has 0 aliphatic heterocycles. The van der Waals surface area contributed by atoms with E-state index in [2.05, 4.69) is 0 Å². The summed E-state index contributed by atoms with van der Waals surface area (Å²) in [6.07, 6.45) is 1.29. The van der Waals surface area contributed by atoms with E-state index in [4.69, 9.17) is 5.73 Å². The number of rotatable bonds is 7. The van der Waals surface area contributed by atoms with Gasteiger partial charge in [0.2, 0.25) is 5.91 Å². The lowest BCUT2D eigenvalue weighted by Crippen LogP contribution is -2.51. The largest absolute Gasteiger partial charge is 0.504 e. The third-order valence-electron chi connectivity index (χ3n) is 3.96. The van der Waals surface area contributed by atoms with Gasteiger partial charge in [-0.25, -0.2) is 4.31 Å². The number of hydrogen-bond donors (Lipinski definition) is 6. The van der Waals surface area contributed by atoms with Crippen molar-refractivity contribution in [3.63, 3.8) is 0 Å². The van der Waals surface area contributed by atoms with Crippen LogP contribution in [0.25, 0.3) is 6.08 Å². The maximum absolute atomic E-state index is 12.5. The predicted molar refractivity (Wildman–Crippen MR) is 104 cm³/mol. The fourth-order valence-corrected chi connectivity index (χ4v) is 3.32. The van der Waals surface area contributed by atoms with Crippen molar-refractivity contribution in [3.8, 4) is 23.0 Å². The van der Waals surface area contributed by atoms with E-state index in [0.29, 0.717) is 6.08 Å². The molecule has 2 aromatic rings. The molecule has 1 unspecified atom stereocenters. The summed E-state index contributed by atoms with van der Waals surface area (Å²) < 4.78 is 33.0. The highest BCUT2D eigenvalue weighted by Gasteiger charge is 2.36. The number of carbonyl (C=O) groups excluding carboxylic acids is 2. The van der Waals surface area contributed by atoms with Crippen LogP contribution < -0.4 is 5.73 Å². The van der Waals surface area contributed by atoms with Crippen molar-refractivity contribution in [3.05, 3.63) is 53.6 Å². The molecule has 0 radical (unpaired) electrons. The highest BCUT2D eigenvalue weighted by molar-refractivity contribution is 7.84. The van der Waals surface area contributed by atoms with Gasteiger partial charge in [-0.1, -0.05) is 12.1 Å². The van der Waals surface area contributed by atoms with Crippen LogP contribution in [-0.4, -0.2) is 55.6 Å². The van der Waals surface area contributed by atoms with Gasteiger partial charge in [0, 0.05) is 12.5 Å². The van der Waals surface area contributed by atoms with E-state index in [1.165, 1.54) is 12.1 Å². The monoisotopic (exact) mass is 438 g/mol. The third kappa shape index (κ3) is 5.40. The van der Waals surface area contributed by atoms with Gasteiger partial charge in [0.05, 0.1) is 0 Å². The second-order valence-electron chi connectivity index (χ2n) is 6.14. The molecule has 2 rings (SSSR count). The Bertz CT molecular complexity index is 1110. The average molecular weight is 438 g/mol. The van der Waals surface area contributed by atoms with Gasteiger partial charge < -0.3 is 26.2 Å². The Kier molecular flexibility index (Phi) is 6.54. The number of amides is 2. The van der Waals surface area contributed by atoms with E-state index >= 15 is 0 Å². The molecular formula is C18H18N2O9S. The lowest BCUT2D eigenvalue weighted by atomic mass is 10.0. The fourth-order valence-electron chi connectivity index (χ4n) is 2.53. The zero-order chi connectivity index (χ0) is 22.6. The second kappa shape index (κ2) is 8.71. The number of nitrogens with two attached hydrogens (primary N) is 1. The summed E-state index contributed by atoms with van der Waals surface area (Å²) in [6.45, 7) is 0. The maximum atomic E-state index is 12.5. The molecule has 0 saturated heterocycles. The van der Waals surface area contributed by atoms with Crippen molar-refractivity contribution in [1.29, 1.82) is 0 Å². The van der Waals surface area contributed by atoms with Crippen LogP contribution in [0.4, 0.5) is 0 Å². The molecule has 2 amide bonds. The molecule has 30 heavy (non-hydrogen) atoms. The minimum atomic E-state index is -5.24. The number of carbonyl (C=O) groups is 2. The van der Waals surface area contributed by atoms with E-state index in [-0.39, 0.29) is 15.4 Å². The molecule has 0 spiro atoms. The van der Waals surface area contributed by atoms with Crippen molar-refractivity contribution in [2.45, 2.75) is 12.5 Å². The maximum Gasteiger partial charge on any atom is 0.363 e. The van der Waals surface area contributed by atoms with Crippen LogP contribution in [0.5, 0.6) is 23.0 Å². The lowest BCUT2D eigenvalue weighted by Gasteiger charge is -2.25. The number of phenolic OH excluding ortho intramolecular Hbond substituents is 4. The first-order chi connectivity index (χ1) is 13.9. The van der Waals surface area contributed by atoms with E-state index in [0.717, 1.165) is 30.3 Å². The number of nitrogens with zero attached hydrogens (tertiary/aromatic N) is 1. The van der Waals surface area contributed by atoms with Gasteiger partial charge in [0.15, 0.2) is 23.0 Å². The minimum Gasteiger partial charge on any atom is -0.504 e. The number of hydrogen-bond acceptors (Lipinski definition) is 8. The molecule has 1 atom stereocenters. The van der Waals surface area contributed by atoms with E-state index in [1.54, 1.807) is 0 Å². The second-order valence-corrected chi connectivity index (χ2v) is 7.43. The zero-order valence-corrected chi connectivity index (χ0v) is 16.0.